The van der Waals surface area contributed by atoms with Crippen LogP contribution in [0.4, 0.5) is 11.8 Å². The Kier molecular flexibility index (Phi) is 5.42. The van der Waals surface area contributed by atoms with E-state index >= 15 is 0 Å². The van der Waals surface area contributed by atoms with Crippen LogP contribution in [-0.2, 0) is 6.42 Å². The predicted octanol–water partition coefficient (Wildman–Crippen LogP) is 3.67. The molecule has 6 heteroatoms. The number of anilines is 2. The number of hydrogen-bond donors (Lipinski definition) is 2. The highest BCUT2D eigenvalue weighted by molar-refractivity contribution is 7.07. The molecule has 0 atom stereocenters. The monoisotopic (exact) mass is 296 g/mol. The lowest BCUT2D eigenvalue weighted by Gasteiger charge is -2.09. The zero-order chi connectivity index (χ0) is 13.5. The molecule has 0 fully saturated rings. The molecule has 0 bridgehead atoms. The van der Waals surface area contributed by atoms with Gasteiger partial charge in [0.25, 0.3) is 0 Å². The van der Waals surface area contributed by atoms with E-state index in [2.05, 4.69) is 44.4 Å². The summed E-state index contributed by atoms with van der Waals surface area (Å²) in [4.78, 5) is 8.51. The Labute approximate surface area is 122 Å². The number of thiophene rings is 1. The number of nitrogens with one attached hydrogen (secondary N) is 2. The first-order chi connectivity index (χ1) is 9.29. The van der Waals surface area contributed by atoms with E-state index in [-0.39, 0.29) is 0 Å². The van der Waals surface area contributed by atoms with Gasteiger partial charge < -0.3 is 10.6 Å². The third-order valence-corrected chi connectivity index (χ3v) is 3.57. The van der Waals surface area contributed by atoms with Gasteiger partial charge in [-0.25, -0.2) is 4.98 Å². The molecule has 102 valence electrons. The molecule has 2 rings (SSSR count). The molecule has 0 amide bonds. The first kappa shape index (κ1) is 14.1. The van der Waals surface area contributed by atoms with Crippen molar-refractivity contribution < 1.29 is 0 Å². The van der Waals surface area contributed by atoms with Crippen LogP contribution < -0.4 is 10.6 Å². The van der Waals surface area contributed by atoms with Crippen molar-refractivity contribution in [1.29, 1.82) is 0 Å². The fourth-order valence-corrected chi connectivity index (χ4v) is 2.43. The van der Waals surface area contributed by atoms with E-state index in [0.29, 0.717) is 16.8 Å². The van der Waals surface area contributed by atoms with Gasteiger partial charge in [-0.1, -0.05) is 18.5 Å². The Balaban J connectivity index is 1.90. The molecule has 0 saturated heterocycles. The highest BCUT2D eigenvalue weighted by Crippen LogP contribution is 2.19. The minimum absolute atomic E-state index is 0.548. The molecule has 2 aromatic rings. The smallest absolute Gasteiger partial charge is 0.224 e. The number of hydrogen-bond acceptors (Lipinski definition) is 5. The highest BCUT2D eigenvalue weighted by atomic mass is 35.5. The van der Waals surface area contributed by atoms with E-state index in [4.69, 9.17) is 11.6 Å². The van der Waals surface area contributed by atoms with E-state index in [0.717, 1.165) is 25.9 Å². The minimum Gasteiger partial charge on any atom is -0.368 e. The van der Waals surface area contributed by atoms with Crippen molar-refractivity contribution in [3.8, 4) is 0 Å². The minimum atomic E-state index is 0.548. The molecule has 0 aliphatic carbocycles. The van der Waals surface area contributed by atoms with Crippen molar-refractivity contribution in [3.05, 3.63) is 33.6 Å². The average Bonchev–Trinajstić information content (AvgIpc) is 2.92. The van der Waals surface area contributed by atoms with E-state index in [1.807, 2.05) is 0 Å². The van der Waals surface area contributed by atoms with Gasteiger partial charge in [-0.15, -0.1) is 0 Å². The van der Waals surface area contributed by atoms with Crippen molar-refractivity contribution in [2.75, 3.05) is 23.7 Å². The topological polar surface area (TPSA) is 49.8 Å². The number of rotatable bonds is 7. The van der Waals surface area contributed by atoms with Crippen molar-refractivity contribution in [2.24, 2.45) is 0 Å². The van der Waals surface area contributed by atoms with Gasteiger partial charge in [0, 0.05) is 13.1 Å². The zero-order valence-electron chi connectivity index (χ0n) is 10.8. The third-order valence-electron chi connectivity index (χ3n) is 2.56. The molecule has 0 spiro atoms. The Morgan fingerprint density at radius 3 is 2.95 bits per heavy atom. The molecule has 0 unspecified atom stereocenters. The molecular formula is C13H17ClN4S. The summed E-state index contributed by atoms with van der Waals surface area (Å²) in [6, 6.07) is 2.13. The highest BCUT2D eigenvalue weighted by Gasteiger charge is 2.04. The van der Waals surface area contributed by atoms with Crippen LogP contribution in [0.25, 0.3) is 0 Å². The van der Waals surface area contributed by atoms with Crippen LogP contribution in [0.2, 0.25) is 5.02 Å². The van der Waals surface area contributed by atoms with E-state index in [9.17, 15) is 0 Å². The zero-order valence-corrected chi connectivity index (χ0v) is 12.4. The Bertz CT molecular complexity index is 501. The molecule has 0 radical (unpaired) electrons. The van der Waals surface area contributed by atoms with Crippen LogP contribution in [-0.4, -0.2) is 23.1 Å². The quantitative estimate of drug-likeness (QED) is 0.818. The number of aromatic nitrogens is 2. The van der Waals surface area contributed by atoms with E-state index in [1.165, 1.54) is 5.56 Å². The molecule has 0 aliphatic heterocycles. The molecule has 19 heavy (non-hydrogen) atoms. The van der Waals surface area contributed by atoms with Crippen molar-refractivity contribution in [2.45, 2.75) is 19.8 Å². The summed E-state index contributed by atoms with van der Waals surface area (Å²) in [5.74, 6) is 1.30. The summed E-state index contributed by atoms with van der Waals surface area (Å²) in [5, 5.41) is 11.2. The van der Waals surface area contributed by atoms with Crippen LogP contribution in [0.5, 0.6) is 0 Å². The largest absolute Gasteiger partial charge is 0.368 e. The molecule has 0 aliphatic rings. The summed E-state index contributed by atoms with van der Waals surface area (Å²) >= 11 is 7.79. The van der Waals surface area contributed by atoms with Crippen LogP contribution in [0.1, 0.15) is 18.9 Å². The molecule has 2 aromatic heterocycles. The summed E-state index contributed by atoms with van der Waals surface area (Å²) < 4.78 is 0. The molecular weight excluding hydrogens is 280 g/mol. The average molecular weight is 297 g/mol. The Morgan fingerprint density at radius 1 is 1.32 bits per heavy atom. The van der Waals surface area contributed by atoms with Gasteiger partial charge in [-0.2, -0.15) is 16.3 Å². The first-order valence-corrected chi connectivity index (χ1v) is 7.63. The van der Waals surface area contributed by atoms with Gasteiger partial charge in [0.15, 0.2) is 0 Å². The molecule has 2 N–H and O–H groups in total. The second kappa shape index (κ2) is 7.31. The maximum Gasteiger partial charge on any atom is 0.224 e. The van der Waals surface area contributed by atoms with Gasteiger partial charge in [0.05, 0.1) is 6.20 Å². The van der Waals surface area contributed by atoms with Gasteiger partial charge in [-0.05, 0) is 35.2 Å². The molecule has 4 nitrogen and oxygen atoms in total. The second-order valence-corrected chi connectivity index (χ2v) is 5.31. The Hall–Kier alpha value is -1.33. The van der Waals surface area contributed by atoms with E-state index < -0.39 is 0 Å². The molecule has 0 aromatic carbocycles. The summed E-state index contributed by atoms with van der Waals surface area (Å²) in [6.45, 7) is 3.76. The van der Waals surface area contributed by atoms with Crippen molar-refractivity contribution in [3.63, 3.8) is 0 Å². The van der Waals surface area contributed by atoms with E-state index in [1.54, 1.807) is 17.5 Å². The lowest BCUT2D eigenvalue weighted by atomic mass is 10.2. The maximum absolute atomic E-state index is 6.08. The van der Waals surface area contributed by atoms with Gasteiger partial charge in [-0.3, -0.25) is 0 Å². The summed E-state index contributed by atoms with van der Waals surface area (Å²) in [6.07, 6.45) is 3.62. The van der Waals surface area contributed by atoms with Gasteiger partial charge >= 0.3 is 0 Å². The normalized spacial score (nSPS) is 10.4. The van der Waals surface area contributed by atoms with Gasteiger partial charge in [0.1, 0.15) is 10.8 Å². The van der Waals surface area contributed by atoms with Crippen LogP contribution in [0.15, 0.2) is 23.0 Å². The fraction of sp³-hybridized carbons (Fsp3) is 0.385. The SMILES string of the molecule is CCCNc1ncc(Cl)c(NCCc2ccsc2)n1. The van der Waals surface area contributed by atoms with Gasteiger partial charge in [0.2, 0.25) is 5.95 Å². The standard InChI is InChI=1S/C13H17ClN4S/c1-2-5-16-13-17-8-11(14)12(18-13)15-6-3-10-4-7-19-9-10/h4,7-9H,2-3,5-6H2,1H3,(H2,15,16,17,18). The van der Waals surface area contributed by atoms with Crippen molar-refractivity contribution in [1.82, 2.24) is 9.97 Å². The number of nitrogens with zero attached hydrogens (tertiary/aromatic N) is 2. The third kappa shape index (κ3) is 4.36. The molecule has 2 heterocycles. The van der Waals surface area contributed by atoms with Crippen LogP contribution >= 0.6 is 22.9 Å². The fourth-order valence-electron chi connectivity index (χ4n) is 1.57. The molecule has 0 saturated carbocycles. The predicted molar refractivity (Wildman–Crippen MR) is 82.3 cm³/mol. The lowest BCUT2D eigenvalue weighted by molar-refractivity contribution is 0.947. The lowest BCUT2D eigenvalue weighted by Crippen LogP contribution is -2.10. The Morgan fingerprint density at radius 2 is 2.21 bits per heavy atom. The first-order valence-electron chi connectivity index (χ1n) is 6.31. The van der Waals surface area contributed by atoms with Crippen LogP contribution in [0.3, 0.4) is 0 Å². The number of halogens is 1. The summed E-state index contributed by atoms with van der Waals surface area (Å²) in [7, 11) is 0. The maximum atomic E-state index is 6.08. The van der Waals surface area contributed by atoms with Crippen LogP contribution in [0, 0.1) is 0 Å². The van der Waals surface area contributed by atoms with Crippen molar-refractivity contribution >= 4 is 34.7 Å². The summed E-state index contributed by atoms with van der Waals surface area (Å²) in [5.41, 5.74) is 1.33. The second-order valence-electron chi connectivity index (χ2n) is 4.13.